The molecule has 0 saturated heterocycles. The highest BCUT2D eigenvalue weighted by molar-refractivity contribution is 6.18. The molecule has 0 spiro atoms. The summed E-state index contributed by atoms with van der Waals surface area (Å²) in [4.78, 5) is 22.4. The number of amides is 1. The van der Waals surface area contributed by atoms with Crippen LogP contribution in [0.5, 0.6) is 0 Å². The molecule has 0 bridgehead atoms. The maximum atomic E-state index is 11.2. The molecular weight excluding hydrogens is 249 g/mol. The molecule has 0 saturated carbocycles. The Morgan fingerprint density at radius 2 is 1.44 bits per heavy atom. The Kier molecular flexibility index (Phi) is 11.0. The van der Waals surface area contributed by atoms with Crippen molar-refractivity contribution in [2.45, 2.75) is 38.5 Å². The van der Waals surface area contributed by atoms with Crippen molar-refractivity contribution >= 4 is 34.9 Å². The van der Waals surface area contributed by atoms with Gasteiger partial charge in [-0.05, 0) is 19.3 Å². The second-order valence-electron chi connectivity index (χ2n) is 3.58. The molecule has 0 aromatic carbocycles. The predicted molar refractivity (Wildman–Crippen MR) is 67.2 cm³/mol. The molecule has 0 aliphatic carbocycles. The molecule has 1 amide bonds. The number of hydrogen-bond donors (Lipinski definition) is 1. The maximum absolute atomic E-state index is 11.2. The summed E-state index contributed by atoms with van der Waals surface area (Å²) < 4.78 is 0. The molecule has 0 heterocycles. The number of ketones is 1. The third-order valence-electron chi connectivity index (χ3n) is 2.08. The average molecular weight is 268 g/mol. The van der Waals surface area contributed by atoms with E-state index in [4.69, 9.17) is 23.2 Å². The number of Topliss-reactive ketones (excluding diaryl/α,β-unsaturated/α-hetero) is 1. The summed E-state index contributed by atoms with van der Waals surface area (Å²) in [6.07, 6.45) is 3.66. The van der Waals surface area contributed by atoms with E-state index in [1.807, 2.05) is 0 Å². The van der Waals surface area contributed by atoms with E-state index in [0.717, 1.165) is 6.42 Å². The zero-order chi connectivity index (χ0) is 12.2. The summed E-state index contributed by atoms with van der Waals surface area (Å²) in [7, 11) is 0. The van der Waals surface area contributed by atoms with Gasteiger partial charge in [-0.25, -0.2) is 0 Å². The molecule has 0 radical (unpaired) electrons. The fourth-order valence-electron chi connectivity index (χ4n) is 1.22. The van der Waals surface area contributed by atoms with Gasteiger partial charge < -0.3 is 5.32 Å². The van der Waals surface area contributed by atoms with E-state index in [1.54, 1.807) is 0 Å². The number of rotatable bonds is 10. The smallest absolute Gasteiger partial charge is 0.220 e. The SMILES string of the molecule is O=C(CCCCl)CCCNC(=O)CCCCl. The van der Waals surface area contributed by atoms with Crippen molar-refractivity contribution in [3.63, 3.8) is 0 Å². The molecule has 0 aliphatic heterocycles. The van der Waals surface area contributed by atoms with Gasteiger partial charge in [0.05, 0.1) is 0 Å². The molecule has 0 rings (SSSR count). The number of alkyl halides is 2. The van der Waals surface area contributed by atoms with Gasteiger partial charge in [0.25, 0.3) is 0 Å². The van der Waals surface area contributed by atoms with Crippen LogP contribution in [0.2, 0.25) is 0 Å². The van der Waals surface area contributed by atoms with Crippen LogP contribution >= 0.6 is 23.2 Å². The quantitative estimate of drug-likeness (QED) is 0.488. The van der Waals surface area contributed by atoms with Crippen molar-refractivity contribution < 1.29 is 9.59 Å². The predicted octanol–water partition coefficient (Wildman–Crippen LogP) is 2.49. The fraction of sp³-hybridized carbons (Fsp3) is 0.818. The van der Waals surface area contributed by atoms with Gasteiger partial charge in [-0.3, -0.25) is 9.59 Å². The molecule has 0 atom stereocenters. The number of carbonyl (C=O) groups excluding carboxylic acids is 2. The van der Waals surface area contributed by atoms with E-state index in [1.165, 1.54) is 0 Å². The molecule has 0 aromatic rings. The van der Waals surface area contributed by atoms with E-state index < -0.39 is 0 Å². The standard InChI is InChI=1S/C11H19Cl2NO2/c12-7-1-4-10(15)5-3-9-14-11(16)6-2-8-13/h1-9H2,(H,14,16). The summed E-state index contributed by atoms with van der Waals surface area (Å²) in [6.45, 7) is 0.563. The molecule has 0 fully saturated rings. The first-order valence-corrected chi connectivity index (χ1v) is 6.68. The number of halogens is 2. The first kappa shape index (κ1) is 15.7. The van der Waals surface area contributed by atoms with Gasteiger partial charge in [-0.2, -0.15) is 0 Å². The summed E-state index contributed by atoms with van der Waals surface area (Å²) >= 11 is 10.9. The molecule has 94 valence electrons. The maximum Gasteiger partial charge on any atom is 0.220 e. The molecule has 0 aliphatic rings. The van der Waals surface area contributed by atoms with Crippen LogP contribution in [-0.2, 0) is 9.59 Å². The monoisotopic (exact) mass is 267 g/mol. The van der Waals surface area contributed by atoms with Gasteiger partial charge in [0.2, 0.25) is 5.91 Å². The zero-order valence-corrected chi connectivity index (χ0v) is 10.9. The lowest BCUT2D eigenvalue weighted by atomic mass is 10.1. The van der Waals surface area contributed by atoms with E-state index in [9.17, 15) is 9.59 Å². The molecule has 5 heteroatoms. The van der Waals surface area contributed by atoms with Gasteiger partial charge in [0.15, 0.2) is 0 Å². The molecule has 16 heavy (non-hydrogen) atoms. The molecule has 1 N–H and O–H groups in total. The highest BCUT2D eigenvalue weighted by atomic mass is 35.5. The Morgan fingerprint density at radius 1 is 0.875 bits per heavy atom. The van der Waals surface area contributed by atoms with E-state index in [0.29, 0.717) is 50.4 Å². The minimum Gasteiger partial charge on any atom is -0.356 e. The Bertz CT molecular complexity index is 188. The zero-order valence-electron chi connectivity index (χ0n) is 9.44. The normalized spacial score (nSPS) is 10.1. The lowest BCUT2D eigenvalue weighted by Gasteiger charge is -2.03. The summed E-state index contributed by atoms with van der Waals surface area (Å²) in [6, 6.07) is 0. The van der Waals surface area contributed by atoms with E-state index >= 15 is 0 Å². The molecule has 0 aromatic heterocycles. The average Bonchev–Trinajstić information content (AvgIpc) is 2.29. The van der Waals surface area contributed by atoms with Gasteiger partial charge in [0, 0.05) is 37.6 Å². The largest absolute Gasteiger partial charge is 0.356 e. The number of hydrogen-bond acceptors (Lipinski definition) is 2. The highest BCUT2D eigenvalue weighted by Crippen LogP contribution is 1.99. The van der Waals surface area contributed by atoms with Gasteiger partial charge >= 0.3 is 0 Å². The number of carbonyl (C=O) groups is 2. The Labute approximate surface area is 107 Å². The van der Waals surface area contributed by atoms with Crippen molar-refractivity contribution in [3.8, 4) is 0 Å². The summed E-state index contributed by atoms with van der Waals surface area (Å²) in [5, 5.41) is 2.75. The van der Waals surface area contributed by atoms with Crippen molar-refractivity contribution in [3.05, 3.63) is 0 Å². The van der Waals surface area contributed by atoms with Crippen molar-refractivity contribution in [2.75, 3.05) is 18.3 Å². The topological polar surface area (TPSA) is 46.2 Å². The third-order valence-corrected chi connectivity index (χ3v) is 2.62. The van der Waals surface area contributed by atoms with Crippen LogP contribution < -0.4 is 5.32 Å². The summed E-state index contributed by atoms with van der Waals surface area (Å²) in [5.41, 5.74) is 0. The van der Waals surface area contributed by atoms with Crippen LogP contribution in [0.4, 0.5) is 0 Å². The lowest BCUT2D eigenvalue weighted by Crippen LogP contribution is -2.24. The van der Waals surface area contributed by atoms with Crippen LogP contribution in [-0.4, -0.2) is 30.0 Å². The fourth-order valence-corrected chi connectivity index (χ4v) is 1.49. The Balaban J connectivity index is 3.31. The lowest BCUT2D eigenvalue weighted by molar-refractivity contribution is -0.122. The second kappa shape index (κ2) is 11.2. The van der Waals surface area contributed by atoms with Crippen LogP contribution in [0.1, 0.15) is 38.5 Å². The first-order valence-electron chi connectivity index (χ1n) is 5.61. The third kappa shape index (κ3) is 10.2. The first-order chi connectivity index (χ1) is 7.70. The molecule has 0 unspecified atom stereocenters. The number of nitrogens with one attached hydrogen (secondary N) is 1. The molecular formula is C11H19Cl2NO2. The van der Waals surface area contributed by atoms with Gasteiger partial charge in [-0.15, -0.1) is 23.2 Å². The minimum absolute atomic E-state index is 0.00820. The Hall–Kier alpha value is -0.280. The van der Waals surface area contributed by atoms with E-state index in [-0.39, 0.29) is 11.7 Å². The molecule has 3 nitrogen and oxygen atoms in total. The van der Waals surface area contributed by atoms with Crippen LogP contribution in [0.3, 0.4) is 0 Å². The van der Waals surface area contributed by atoms with Crippen molar-refractivity contribution in [1.82, 2.24) is 5.32 Å². The van der Waals surface area contributed by atoms with E-state index in [2.05, 4.69) is 5.32 Å². The second-order valence-corrected chi connectivity index (χ2v) is 4.33. The van der Waals surface area contributed by atoms with Crippen LogP contribution in [0.25, 0.3) is 0 Å². The summed E-state index contributed by atoms with van der Waals surface area (Å²) in [5.74, 6) is 1.26. The van der Waals surface area contributed by atoms with Gasteiger partial charge in [0.1, 0.15) is 5.78 Å². The highest BCUT2D eigenvalue weighted by Gasteiger charge is 2.03. The Morgan fingerprint density at radius 3 is 2.06 bits per heavy atom. The van der Waals surface area contributed by atoms with Crippen molar-refractivity contribution in [2.24, 2.45) is 0 Å². The van der Waals surface area contributed by atoms with Crippen LogP contribution in [0, 0.1) is 0 Å². The minimum atomic E-state index is 0.00820. The van der Waals surface area contributed by atoms with Crippen LogP contribution in [0.15, 0.2) is 0 Å². The van der Waals surface area contributed by atoms with Crippen molar-refractivity contribution in [1.29, 1.82) is 0 Å². The van der Waals surface area contributed by atoms with Gasteiger partial charge in [-0.1, -0.05) is 0 Å².